The standard InChI is InChI=1S/C23H32N4O2S2/c1-23(2,3)29-22(28)26-10-8-17(9-11-26)27-12-14-31-19-7-6-16(15-18(19)27)25-21(24)20-5-4-13-30-20/h4,6-7,13,15,17,20H,5,8-12,14H2,1-3H3,(H2,24,25). The predicted molar refractivity (Wildman–Crippen MR) is 132 cm³/mol. The van der Waals surface area contributed by atoms with E-state index in [1.807, 2.05) is 37.4 Å². The van der Waals surface area contributed by atoms with Crippen LogP contribution in [0.3, 0.4) is 0 Å². The highest BCUT2D eigenvalue weighted by Crippen LogP contribution is 2.39. The molecule has 1 aromatic carbocycles. The lowest BCUT2D eigenvalue weighted by atomic mass is 10.0. The molecule has 0 radical (unpaired) electrons. The molecular formula is C23H32N4O2S2. The number of anilines is 2. The Morgan fingerprint density at radius 1 is 1.23 bits per heavy atom. The maximum Gasteiger partial charge on any atom is 0.410 e. The summed E-state index contributed by atoms with van der Waals surface area (Å²) in [5.74, 6) is 1.64. The van der Waals surface area contributed by atoms with Gasteiger partial charge in [0.05, 0.1) is 10.9 Å². The number of hydrogen-bond donors (Lipinski definition) is 2. The molecule has 0 aromatic heterocycles. The number of hydrogen-bond acceptors (Lipinski definition) is 6. The van der Waals surface area contributed by atoms with Gasteiger partial charge in [-0.2, -0.15) is 0 Å². The molecule has 2 N–H and O–H groups in total. The first-order chi connectivity index (χ1) is 14.8. The van der Waals surface area contributed by atoms with E-state index in [9.17, 15) is 4.79 Å². The second kappa shape index (κ2) is 9.36. The third-order valence-corrected chi connectivity index (χ3v) is 7.85. The van der Waals surface area contributed by atoms with Gasteiger partial charge in [-0.1, -0.05) is 6.08 Å². The molecule has 8 heteroatoms. The van der Waals surface area contributed by atoms with Crippen LogP contribution in [0.2, 0.25) is 0 Å². The molecule has 168 valence electrons. The van der Waals surface area contributed by atoms with Crippen LogP contribution in [0.15, 0.2) is 34.6 Å². The lowest BCUT2D eigenvalue weighted by Gasteiger charge is -2.42. The minimum Gasteiger partial charge on any atom is -0.444 e. The van der Waals surface area contributed by atoms with E-state index in [0.717, 1.165) is 50.3 Å². The Hall–Kier alpha value is -1.80. The zero-order chi connectivity index (χ0) is 22.0. The number of thioether (sulfide) groups is 2. The van der Waals surface area contributed by atoms with Gasteiger partial charge in [0, 0.05) is 42.0 Å². The average molecular weight is 461 g/mol. The minimum atomic E-state index is -0.457. The Morgan fingerprint density at radius 2 is 2.00 bits per heavy atom. The van der Waals surface area contributed by atoms with Gasteiger partial charge in [0.25, 0.3) is 0 Å². The average Bonchev–Trinajstić information content (AvgIpc) is 3.27. The van der Waals surface area contributed by atoms with Crippen LogP contribution in [-0.4, -0.2) is 59.1 Å². The Bertz CT molecular complexity index is 852. The van der Waals surface area contributed by atoms with Crippen LogP contribution in [0.25, 0.3) is 0 Å². The van der Waals surface area contributed by atoms with Gasteiger partial charge >= 0.3 is 6.09 Å². The number of fused-ring (bicyclic) bond motifs is 1. The van der Waals surface area contributed by atoms with Crippen LogP contribution in [0.1, 0.15) is 40.0 Å². The smallest absolute Gasteiger partial charge is 0.410 e. The third kappa shape index (κ3) is 5.52. The van der Waals surface area contributed by atoms with Crippen molar-refractivity contribution in [1.82, 2.24) is 4.90 Å². The molecule has 1 fully saturated rings. The Kier molecular flexibility index (Phi) is 6.77. The number of likely N-dealkylation sites (tertiary alicyclic amines) is 1. The quantitative estimate of drug-likeness (QED) is 0.465. The van der Waals surface area contributed by atoms with E-state index >= 15 is 0 Å². The highest BCUT2D eigenvalue weighted by molar-refractivity contribution is 8.03. The number of carbonyl (C=O) groups excluding carboxylic acids is 1. The number of allylic oxidation sites excluding steroid dienone is 1. The summed E-state index contributed by atoms with van der Waals surface area (Å²) in [4.78, 5) is 18.1. The maximum atomic E-state index is 12.4. The summed E-state index contributed by atoms with van der Waals surface area (Å²) < 4.78 is 5.54. The van der Waals surface area contributed by atoms with Crippen molar-refractivity contribution in [3.8, 4) is 0 Å². The van der Waals surface area contributed by atoms with E-state index in [-0.39, 0.29) is 11.3 Å². The van der Waals surface area contributed by atoms with Crippen molar-refractivity contribution in [2.45, 2.75) is 61.8 Å². The minimum absolute atomic E-state index is 0.193. The number of ether oxygens (including phenoxy) is 1. The van der Waals surface area contributed by atoms with Crippen LogP contribution in [0.5, 0.6) is 0 Å². The molecule has 3 heterocycles. The number of benzene rings is 1. The second-order valence-corrected chi connectivity index (χ2v) is 11.4. The number of carbonyl (C=O) groups is 1. The van der Waals surface area contributed by atoms with E-state index in [2.05, 4.69) is 39.9 Å². The van der Waals surface area contributed by atoms with E-state index in [4.69, 9.17) is 10.1 Å². The van der Waals surface area contributed by atoms with Gasteiger partial charge < -0.3 is 19.9 Å². The fourth-order valence-electron chi connectivity index (χ4n) is 4.19. The highest BCUT2D eigenvalue weighted by atomic mass is 32.2. The van der Waals surface area contributed by atoms with Gasteiger partial charge in [-0.3, -0.25) is 5.41 Å². The summed E-state index contributed by atoms with van der Waals surface area (Å²) in [5, 5.41) is 14.0. The van der Waals surface area contributed by atoms with Crippen molar-refractivity contribution in [1.29, 1.82) is 5.41 Å². The Labute approximate surface area is 193 Å². The molecule has 1 aromatic rings. The van der Waals surface area contributed by atoms with Gasteiger partial charge in [0.1, 0.15) is 11.4 Å². The monoisotopic (exact) mass is 460 g/mol. The third-order valence-electron chi connectivity index (χ3n) is 5.71. The van der Waals surface area contributed by atoms with Gasteiger partial charge in [-0.25, -0.2) is 4.79 Å². The van der Waals surface area contributed by atoms with Crippen molar-refractivity contribution >= 4 is 46.8 Å². The molecule has 1 unspecified atom stereocenters. The van der Waals surface area contributed by atoms with Crippen molar-refractivity contribution < 1.29 is 9.53 Å². The number of rotatable bonds is 3. The molecule has 1 amide bonds. The lowest BCUT2D eigenvalue weighted by molar-refractivity contribution is 0.0205. The van der Waals surface area contributed by atoms with Gasteiger partial charge in [0.15, 0.2) is 0 Å². The second-order valence-electron chi connectivity index (χ2n) is 9.19. The summed E-state index contributed by atoms with van der Waals surface area (Å²) in [6, 6.07) is 6.88. The zero-order valence-electron chi connectivity index (χ0n) is 18.5. The highest BCUT2D eigenvalue weighted by Gasteiger charge is 2.31. The van der Waals surface area contributed by atoms with E-state index in [1.54, 1.807) is 11.8 Å². The maximum absolute atomic E-state index is 12.4. The Balaban J connectivity index is 1.41. The molecule has 0 aliphatic carbocycles. The fourth-order valence-corrected chi connectivity index (χ4v) is 6.01. The van der Waals surface area contributed by atoms with Crippen LogP contribution in [-0.2, 0) is 4.74 Å². The molecule has 4 rings (SSSR count). The lowest BCUT2D eigenvalue weighted by Crippen LogP contribution is -2.49. The van der Waals surface area contributed by atoms with E-state index < -0.39 is 5.60 Å². The summed E-state index contributed by atoms with van der Waals surface area (Å²) in [7, 11) is 0. The van der Waals surface area contributed by atoms with E-state index in [0.29, 0.717) is 11.9 Å². The number of nitrogens with zero attached hydrogens (tertiary/aromatic N) is 2. The van der Waals surface area contributed by atoms with Crippen LogP contribution < -0.4 is 10.2 Å². The first-order valence-corrected chi connectivity index (χ1v) is 12.9. The fraction of sp³-hybridized carbons (Fsp3) is 0.565. The topological polar surface area (TPSA) is 68.7 Å². The van der Waals surface area contributed by atoms with Crippen molar-refractivity contribution in [2.75, 3.05) is 35.6 Å². The summed E-state index contributed by atoms with van der Waals surface area (Å²) in [5.41, 5.74) is 1.78. The van der Waals surface area contributed by atoms with Crippen molar-refractivity contribution in [2.24, 2.45) is 0 Å². The van der Waals surface area contributed by atoms with Gasteiger partial charge in [-0.05, 0) is 63.6 Å². The number of piperidine rings is 1. The van der Waals surface area contributed by atoms with Crippen LogP contribution in [0, 0.1) is 5.41 Å². The molecule has 0 saturated carbocycles. The first-order valence-electron chi connectivity index (χ1n) is 11.0. The molecule has 3 aliphatic heterocycles. The number of amidine groups is 1. The largest absolute Gasteiger partial charge is 0.444 e. The molecule has 1 saturated heterocycles. The normalized spacial score (nSPS) is 21.7. The molecule has 6 nitrogen and oxygen atoms in total. The summed E-state index contributed by atoms with van der Waals surface area (Å²) >= 11 is 3.60. The number of nitrogens with one attached hydrogen (secondary N) is 2. The number of amides is 1. The predicted octanol–water partition coefficient (Wildman–Crippen LogP) is 5.41. The zero-order valence-corrected chi connectivity index (χ0v) is 20.2. The van der Waals surface area contributed by atoms with Gasteiger partial charge in [0.2, 0.25) is 0 Å². The SMILES string of the molecule is CC(C)(C)OC(=O)N1CCC(N2CCSc3ccc(NC(=N)C4CC=CS4)cc32)CC1. The van der Waals surface area contributed by atoms with Crippen molar-refractivity contribution in [3.05, 3.63) is 29.7 Å². The molecule has 0 bridgehead atoms. The molecule has 3 aliphatic rings. The van der Waals surface area contributed by atoms with Gasteiger partial charge in [-0.15, -0.1) is 23.5 Å². The van der Waals surface area contributed by atoms with Crippen LogP contribution >= 0.6 is 23.5 Å². The van der Waals surface area contributed by atoms with Crippen molar-refractivity contribution in [3.63, 3.8) is 0 Å². The molecule has 31 heavy (non-hydrogen) atoms. The first kappa shape index (κ1) is 22.4. The van der Waals surface area contributed by atoms with Crippen LogP contribution in [0.4, 0.5) is 16.2 Å². The summed E-state index contributed by atoms with van der Waals surface area (Å²) in [6.07, 6.45) is 4.73. The molecular weight excluding hydrogens is 428 g/mol. The Morgan fingerprint density at radius 3 is 2.68 bits per heavy atom. The summed E-state index contributed by atoms with van der Waals surface area (Å²) in [6.45, 7) is 8.20. The van der Waals surface area contributed by atoms with E-state index in [1.165, 1.54) is 10.6 Å². The molecule has 0 spiro atoms. The molecule has 1 atom stereocenters.